The summed E-state index contributed by atoms with van der Waals surface area (Å²) in [5.41, 5.74) is 1.75. The molecule has 2 atom stereocenters. The average Bonchev–Trinajstić information content (AvgIpc) is 2.59. The van der Waals surface area contributed by atoms with Crippen molar-refractivity contribution in [2.45, 2.75) is 38.3 Å². The van der Waals surface area contributed by atoms with Crippen molar-refractivity contribution in [2.75, 3.05) is 5.32 Å². The maximum Gasteiger partial charge on any atom is 0.120 e. The third-order valence-corrected chi connectivity index (χ3v) is 3.04. The first kappa shape index (κ1) is 10.3. The lowest BCUT2D eigenvalue weighted by Crippen LogP contribution is -2.27. The lowest BCUT2D eigenvalue weighted by Gasteiger charge is -2.18. The van der Waals surface area contributed by atoms with Gasteiger partial charge in [-0.3, -0.25) is 0 Å². The van der Waals surface area contributed by atoms with E-state index in [1.807, 2.05) is 19.1 Å². The monoisotopic (exact) mass is 207 g/mol. The quantitative estimate of drug-likeness (QED) is 0.695. The number of aliphatic hydroxyl groups is 1. The Hall–Kier alpha value is -1.22. The van der Waals surface area contributed by atoms with Gasteiger partial charge in [0.05, 0.1) is 12.1 Å². The molecule has 0 heterocycles. The Morgan fingerprint density at radius 1 is 1.33 bits per heavy atom. The molecule has 0 bridgehead atoms. The molecule has 0 amide bonds. The van der Waals surface area contributed by atoms with Crippen LogP contribution < -0.4 is 5.32 Å². The minimum Gasteiger partial charge on any atom is -0.508 e. The second kappa shape index (κ2) is 4.11. The Morgan fingerprint density at radius 2 is 2.13 bits per heavy atom. The van der Waals surface area contributed by atoms with Crippen molar-refractivity contribution in [1.29, 1.82) is 0 Å². The Bertz CT molecular complexity index is 351. The molecule has 1 aliphatic carbocycles. The lowest BCUT2D eigenvalue weighted by molar-refractivity contribution is 0.172. The number of phenols is 1. The van der Waals surface area contributed by atoms with Gasteiger partial charge in [-0.05, 0) is 37.8 Å². The van der Waals surface area contributed by atoms with E-state index in [0.717, 1.165) is 30.5 Å². The van der Waals surface area contributed by atoms with E-state index in [0.29, 0.717) is 5.75 Å². The predicted molar refractivity (Wildman–Crippen MR) is 60.1 cm³/mol. The first-order valence-electron chi connectivity index (χ1n) is 5.41. The van der Waals surface area contributed by atoms with Gasteiger partial charge in [0.2, 0.25) is 0 Å². The first-order chi connectivity index (χ1) is 7.16. The number of aryl methyl sites for hydroxylation is 1. The molecule has 3 heteroatoms. The Labute approximate surface area is 89.8 Å². The highest BCUT2D eigenvalue weighted by molar-refractivity contribution is 5.51. The van der Waals surface area contributed by atoms with Crippen LogP contribution in [0.2, 0.25) is 0 Å². The molecule has 1 aromatic rings. The number of rotatable bonds is 2. The van der Waals surface area contributed by atoms with Crippen molar-refractivity contribution in [3.8, 4) is 5.75 Å². The topological polar surface area (TPSA) is 52.5 Å². The third kappa shape index (κ3) is 2.23. The van der Waals surface area contributed by atoms with Crippen LogP contribution >= 0.6 is 0 Å². The SMILES string of the molecule is Cc1ccc(N[C@@H]2CCC[C@H]2O)cc1O. The Kier molecular flexibility index (Phi) is 2.82. The minimum atomic E-state index is -0.256. The summed E-state index contributed by atoms with van der Waals surface area (Å²) in [6.07, 6.45) is 2.68. The number of nitrogens with one attached hydrogen (secondary N) is 1. The molecular formula is C12H17NO2. The zero-order chi connectivity index (χ0) is 10.8. The van der Waals surface area contributed by atoms with Crippen LogP contribution in [0.3, 0.4) is 0 Å². The van der Waals surface area contributed by atoms with E-state index in [2.05, 4.69) is 5.32 Å². The van der Waals surface area contributed by atoms with Gasteiger partial charge in [0.15, 0.2) is 0 Å². The van der Waals surface area contributed by atoms with E-state index in [1.165, 1.54) is 0 Å². The number of anilines is 1. The highest BCUT2D eigenvalue weighted by Crippen LogP contribution is 2.26. The van der Waals surface area contributed by atoms with Gasteiger partial charge in [-0.1, -0.05) is 6.07 Å². The predicted octanol–water partition coefficient (Wildman–Crippen LogP) is 2.03. The summed E-state index contributed by atoms with van der Waals surface area (Å²) in [7, 11) is 0. The summed E-state index contributed by atoms with van der Waals surface area (Å²) in [6.45, 7) is 1.86. The molecule has 1 fully saturated rings. The van der Waals surface area contributed by atoms with Crippen LogP contribution in [0.5, 0.6) is 5.75 Å². The van der Waals surface area contributed by atoms with Gasteiger partial charge in [0, 0.05) is 11.8 Å². The smallest absolute Gasteiger partial charge is 0.120 e. The summed E-state index contributed by atoms with van der Waals surface area (Å²) >= 11 is 0. The van der Waals surface area contributed by atoms with Crippen LogP contribution in [-0.2, 0) is 0 Å². The molecule has 15 heavy (non-hydrogen) atoms. The fraction of sp³-hybridized carbons (Fsp3) is 0.500. The van der Waals surface area contributed by atoms with E-state index in [4.69, 9.17) is 0 Å². The second-order valence-electron chi connectivity index (χ2n) is 4.25. The number of phenolic OH excluding ortho intramolecular Hbond substituents is 1. The van der Waals surface area contributed by atoms with E-state index < -0.39 is 0 Å². The number of hydrogen-bond donors (Lipinski definition) is 3. The van der Waals surface area contributed by atoms with Crippen molar-refractivity contribution in [3.63, 3.8) is 0 Å². The largest absolute Gasteiger partial charge is 0.508 e. The van der Waals surface area contributed by atoms with Gasteiger partial charge in [0.25, 0.3) is 0 Å². The van der Waals surface area contributed by atoms with Gasteiger partial charge in [-0.25, -0.2) is 0 Å². The van der Waals surface area contributed by atoms with E-state index >= 15 is 0 Å². The van der Waals surface area contributed by atoms with Crippen molar-refractivity contribution in [3.05, 3.63) is 23.8 Å². The molecule has 82 valence electrons. The lowest BCUT2D eigenvalue weighted by atomic mass is 10.1. The molecule has 1 saturated carbocycles. The van der Waals surface area contributed by atoms with Crippen molar-refractivity contribution < 1.29 is 10.2 Å². The normalized spacial score (nSPS) is 25.5. The molecule has 0 saturated heterocycles. The molecule has 1 aliphatic rings. The summed E-state index contributed by atoms with van der Waals surface area (Å²) < 4.78 is 0. The molecule has 0 aliphatic heterocycles. The summed E-state index contributed by atoms with van der Waals surface area (Å²) in [5.74, 6) is 0.299. The molecule has 1 aromatic carbocycles. The van der Waals surface area contributed by atoms with E-state index in [9.17, 15) is 10.2 Å². The third-order valence-electron chi connectivity index (χ3n) is 3.04. The molecule has 0 aromatic heterocycles. The van der Waals surface area contributed by atoms with Gasteiger partial charge in [0.1, 0.15) is 5.75 Å². The average molecular weight is 207 g/mol. The molecule has 0 radical (unpaired) electrons. The van der Waals surface area contributed by atoms with Gasteiger partial charge in [-0.2, -0.15) is 0 Å². The van der Waals surface area contributed by atoms with Crippen molar-refractivity contribution in [1.82, 2.24) is 0 Å². The van der Waals surface area contributed by atoms with Crippen LogP contribution in [0.4, 0.5) is 5.69 Å². The molecule has 0 spiro atoms. The fourth-order valence-electron chi connectivity index (χ4n) is 2.02. The zero-order valence-corrected chi connectivity index (χ0v) is 8.90. The standard InChI is InChI=1S/C12H17NO2/c1-8-5-6-9(7-12(8)15)13-10-3-2-4-11(10)14/h5-7,10-11,13-15H,2-4H2,1H3/t10-,11-/m1/s1. The molecular weight excluding hydrogens is 190 g/mol. The summed E-state index contributed by atoms with van der Waals surface area (Å²) in [4.78, 5) is 0. The molecule has 2 rings (SSSR count). The second-order valence-corrected chi connectivity index (χ2v) is 4.25. The maximum absolute atomic E-state index is 9.65. The molecule has 3 N–H and O–H groups in total. The van der Waals surface area contributed by atoms with Crippen LogP contribution in [0.25, 0.3) is 0 Å². The Morgan fingerprint density at radius 3 is 2.73 bits per heavy atom. The van der Waals surface area contributed by atoms with E-state index in [1.54, 1.807) is 6.07 Å². The summed E-state index contributed by atoms with van der Waals surface area (Å²) in [6, 6.07) is 5.64. The van der Waals surface area contributed by atoms with Gasteiger partial charge < -0.3 is 15.5 Å². The van der Waals surface area contributed by atoms with Crippen LogP contribution in [0.1, 0.15) is 24.8 Å². The number of aliphatic hydroxyl groups excluding tert-OH is 1. The van der Waals surface area contributed by atoms with Crippen LogP contribution in [0.15, 0.2) is 18.2 Å². The van der Waals surface area contributed by atoms with Gasteiger partial charge in [-0.15, -0.1) is 0 Å². The van der Waals surface area contributed by atoms with Crippen LogP contribution in [0, 0.1) is 6.92 Å². The number of hydrogen-bond acceptors (Lipinski definition) is 3. The number of benzene rings is 1. The Balaban J connectivity index is 2.07. The maximum atomic E-state index is 9.65. The highest BCUT2D eigenvalue weighted by Gasteiger charge is 2.24. The van der Waals surface area contributed by atoms with Gasteiger partial charge >= 0.3 is 0 Å². The van der Waals surface area contributed by atoms with Crippen molar-refractivity contribution >= 4 is 5.69 Å². The first-order valence-corrected chi connectivity index (χ1v) is 5.41. The molecule has 0 unspecified atom stereocenters. The highest BCUT2D eigenvalue weighted by atomic mass is 16.3. The van der Waals surface area contributed by atoms with E-state index in [-0.39, 0.29) is 12.1 Å². The zero-order valence-electron chi connectivity index (χ0n) is 8.90. The van der Waals surface area contributed by atoms with Crippen LogP contribution in [-0.4, -0.2) is 22.4 Å². The number of aromatic hydroxyl groups is 1. The minimum absolute atomic E-state index is 0.132. The fourth-order valence-corrected chi connectivity index (χ4v) is 2.02. The molecule has 3 nitrogen and oxygen atoms in total. The summed E-state index contributed by atoms with van der Waals surface area (Å²) in [5, 5.41) is 22.4. The van der Waals surface area contributed by atoms with Crippen molar-refractivity contribution in [2.24, 2.45) is 0 Å².